The molecule has 4 nitrogen and oxygen atoms in total. The van der Waals surface area contributed by atoms with Crippen molar-refractivity contribution in [3.8, 4) is 0 Å². The molecule has 23 heavy (non-hydrogen) atoms. The van der Waals surface area contributed by atoms with Crippen LogP contribution in [0.3, 0.4) is 0 Å². The van der Waals surface area contributed by atoms with Crippen molar-refractivity contribution < 1.29 is 18.7 Å². The van der Waals surface area contributed by atoms with Gasteiger partial charge in [-0.05, 0) is 57.9 Å². The maximum Gasteiger partial charge on any atom is 0.339 e. The average molecular weight is 401 g/mol. The van der Waals surface area contributed by atoms with Crippen molar-refractivity contribution >= 4 is 45.1 Å². The quantitative estimate of drug-likeness (QED) is 0.782. The number of hydrogen-bond donors (Lipinski definition) is 1. The Morgan fingerprint density at radius 3 is 2.65 bits per heavy atom. The third-order valence-electron chi connectivity index (χ3n) is 3.02. The molecule has 0 bridgehead atoms. The molecule has 0 aliphatic rings. The molecule has 0 heterocycles. The van der Waals surface area contributed by atoms with E-state index >= 15 is 0 Å². The average Bonchev–Trinajstić information content (AvgIpc) is 2.50. The van der Waals surface area contributed by atoms with Crippen molar-refractivity contribution in [1.29, 1.82) is 0 Å². The van der Waals surface area contributed by atoms with Crippen LogP contribution in [-0.2, 0) is 16.0 Å². The van der Waals surface area contributed by atoms with E-state index in [4.69, 9.17) is 11.6 Å². The predicted octanol–water partition coefficient (Wildman–Crippen LogP) is 4.21. The number of halogens is 3. The second kappa shape index (κ2) is 7.57. The van der Waals surface area contributed by atoms with Gasteiger partial charge >= 0.3 is 5.97 Å². The third-order valence-corrected chi connectivity index (χ3v) is 4.04. The van der Waals surface area contributed by atoms with Gasteiger partial charge in [-0.15, -0.1) is 0 Å². The number of esters is 1. The zero-order valence-corrected chi connectivity index (χ0v) is 14.4. The molecule has 0 unspecified atom stereocenters. The van der Waals surface area contributed by atoms with Crippen molar-refractivity contribution in [3.05, 3.63) is 62.8 Å². The number of rotatable bonds is 4. The first-order chi connectivity index (χ1) is 10.9. The lowest BCUT2D eigenvalue weighted by Gasteiger charge is -2.09. The zero-order chi connectivity index (χ0) is 17.0. The number of amides is 1. The van der Waals surface area contributed by atoms with E-state index in [2.05, 4.69) is 26.0 Å². The fourth-order valence-electron chi connectivity index (χ4n) is 1.93. The standard InChI is InChI=1S/C16H12BrClFNO3/c1-23-16(22)12-4-3-11(8-13(12)17)20-15(21)7-9-6-10(19)2-5-14(9)18/h2-6,8H,7H2,1H3,(H,20,21). The van der Waals surface area contributed by atoms with E-state index in [9.17, 15) is 14.0 Å². The molecule has 0 fully saturated rings. The molecule has 0 aliphatic carbocycles. The molecule has 2 aromatic carbocycles. The highest BCUT2D eigenvalue weighted by Gasteiger charge is 2.13. The van der Waals surface area contributed by atoms with Gasteiger partial charge in [0.05, 0.1) is 19.1 Å². The van der Waals surface area contributed by atoms with Crippen LogP contribution >= 0.6 is 27.5 Å². The lowest BCUT2D eigenvalue weighted by atomic mass is 10.1. The first-order valence-electron chi connectivity index (χ1n) is 6.52. The van der Waals surface area contributed by atoms with Crippen molar-refractivity contribution in [3.63, 3.8) is 0 Å². The minimum Gasteiger partial charge on any atom is -0.465 e. The lowest BCUT2D eigenvalue weighted by Crippen LogP contribution is -2.15. The van der Waals surface area contributed by atoms with E-state index in [0.717, 1.165) is 0 Å². The molecule has 2 rings (SSSR count). The van der Waals surface area contributed by atoms with Crippen molar-refractivity contribution in [1.82, 2.24) is 0 Å². The maximum absolute atomic E-state index is 13.2. The van der Waals surface area contributed by atoms with Gasteiger partial charge in [-0.25, -0.2) is 9.18 Å². The number of carbonyl (C=O) groups is 2. The summed E-state index contributed by atoms with van der Waals surface area (Å²) in [4.78, 5) is 23.5. The van der Waals surface area contributed by atoms with Gasteiger partial charge in [-0.3, -0.25) is 4.79 Å². The number of methoxy groups -OCH3 is 1. The number of nitrogens with one attached hydrogen (secondary N) is 1. The number of ether oxygens (including phenoxy) is 1. The fraction of sp³-hybridized carbons (Fsp3) is 0.125. The monoisotopic (exact) mass is 399 g/mol. The fourth-order valence-corrected chi connectivity index (χ4v) is 2.65. The summed E-state index contributed by atoms with van der Waals surface area (Å²) in [6.07, 6.45) is -0.0625. The van der Waals surface area contributed by atoms with Gasteiger partial charge in [0.15, 0.2) is 0 Å². The molecule has 1 N–H and O–H groups in total. The summed E-state index contributed by atoms with van der Waals surface area (Å²) in [5, 5.41) is 2.98. The largest absolute Gasteiger partial charge is 0.465 e. The molecule has 0 saturated heterocycles. The van der Waals surface area contributed by atoms with Crippen molar-refractivity contribution in [2.24, 2.45) is 0 Å². The number of hydrogen-bond acceptors (Lipinski definition) is 3. The molecule has 0 radical (unpaired) electrons. The predicted molar refractivity (Wildman–Crippen MR) is 89.2 cm³/mol. The highest BCUT2D eigenvalue weighted by Crippen LogP contribution is 2.23. The Hall–Kier alpha value is -1.92. The summed E-state index contributed by atoms with van der Waals surface area (Å²) in [6.45, 7) is 0. The Labute approximate surface area is 145 Å². The second-order valence-electron chi connectivity index (χ2n) is 4.65. The van der Waals surface area contributed by atoms with Crippen molar-refractivity contribution in [2.45, 2.75) is 6.42 Å². The Bertz CT molecular complexity index is 767. The van der Waals surface area contributed by atoms with Crippen LogP contribution in [0.5, 0.6) is 0 Å². The third kappa shape index (κ3) is 4.53. The Morgan fingerprint density at radius 2 is 2.00 bits per heavy atom. The number of benzene rings is 2. The van der Waals surface area contributed by atoms with Gasteiger partial charge in [0, 0.05) is 15.2 Å². The van der Waals surface area contributed by atoms with E-state index in [1.54, 1.807) is 12.1 Å². The summed E-state index contributed by atoms with van der Waals surface area (Å²) >= 11 is 9.18. The molecule has 0 aliphatic heterocycles. The highest BCUT2D eigenvalue weighted by atomic mass is 79.9. The van der Waals surface area contributed by atoms with E-state index in [-0.39, 0.29) is 12.3 Å². The topological polar surface area (TPSA) is 55.4 Å². The van der Waals surface area contributed by atoms with Crippen LogP contribution in [0.15, 0.2) is 40.9 Å². The molecule has 0 spiro atoms. The number of anilines is 1. The van der Waals surface area contributed by atoms with Crippen LogP contribution < -0.4 is 5.32 Å². The highest BCUT2D eigenvalue weighted by molar-refractivity contribution is 9.10. The smallest absolute Gasteiger partial charge is 0.339 e. The summed E-state index contributed by atoms with van der Waals surface area (Å²) in [5.41, 5.74) is 1.23. The molecule has 0 aromatic heterocycles. The van der Waals surface area contributed by atoms with E-state index in [0.29, 0.717) is 26.3 Å². The molecule has 120 valence electrons. The van der Waals surface area contributed by atoms with Gasteiger partial charge in [-0.1, -0.05) is 11.6 Å². The van der Waals surface area contributed by atoms with E-state index in [1.807, 2.05) is 0 Å². The molecule has 7 heteroatoms. The van der Waals surface area contributed by atoms with Gasteiger partial charge in [0.25, 0.3) is 0 Å². The minimum atomic E-state index is -0.485. The van der Waals surface area contributed by atoms with Crippen LogP contribution in [0, 0.1) is 5.82 Å². The maximum atomic E-state index is 13.2. The van der Waals surface area contributed by atoms with Crippen molar-refractivity contribution in [2.75, 3.05) is 12.4 Å². The molecule has 0 saturated carbocycles. The molecular weight excluding hydrogens is 389 g/mol. The van der Waals surface area contributed by atoms with Crippen LogP contribution in [0.1, 0.15) is 15.9 Å². The molecular formula is C16H12BrClFNO3. The first kappa shape index (κ1) is 17.4. The molecule has 2 aromatic rings. The molecule has 1 amide bonds. The normalized spacial score (nSPS) is 10.3. The van der Waals surface area contributed by atoms with Gasteiger partial charge in [-0.2, -0.15) is 0 Å². The Kier molecular flexibility index (Phi) is 5.74. The summed E-state index contributed by atoms with van der Waals surface area (Å²) in [7, 11) is 1.28. The lowest BCUT2D eigenvalue weighted by molar-refractivity contribution is -0.115. The van der Waals surface area contributed by atoms with Gasteiger partial charge in [0.1, 0.15) is 5.82 Å². The summed E-state index contributed by atoms with van der Waals surface area (Å²) in [5.74, 6) is -1.29. The van der Waals surface area contributed by atoms with Crippen LogP contribution in [0.2, 0.25) is 5.02 Å². The number of carbonyl (C=O) groups excluding carboxylic acids is 2. The molecule has 0 atom stereocenters. The summed E-state index contributed by atoms with van der Waals surface area (Å²) < 4.78 is 18.3. The zero-order valence-electron chi connectivity index (χ0n) is 12.0. The van der Waals surface area contributed by atoms with Crippen LogP contribution in [0.25, 0.3) is 0 Å². The van der Waals surface area contributed by atoms with Crippen LogP contribution in [-0.4, -0.2) is 19.0 Å². The van der Waals surface area contributed by atoms with Crippen LogP contribution in [0.4, 0.5) is 10.1 Å². The van der Waals surface area contributed by atoms with Gasteiger partial charge in [0.2, 0.25) is 5.91 Å². The Morgan fingerprint density at radius 1 is 1.26 bits per heavy atom. The summed E-state index contributed by atoms with van der Waals surface area (Å²) in [6, 6.07) is 8.53. The van der Waals surface area contributed by atoms with E-state index in [1.165, 1.54) is 31.4 Å². The SMILES string of the molecule is COC(=O)c1ccc(NC(=O)Cc2cc(F)ccc2Cl)cc1Br. The van der Waals surface area contributed by atoms with E-state index < -0.39 is 11.8 Å². The first-order valence-corrected chi connectivity index (χ1v) is 7.69. The minimum absolute atomic E-state index is 0.0625. The second-order valence-corrected chi connectivity index (χ2v) is 5.91. The Balaban J connectivity index is 2.10. The van der Waals surface area contributed by atoms with Gasteiger partial charge < -0.3 is 10.1 Å².